The first-order valence-corrected chi connectivity index (χ1v) is 9.36. The lowest BCUT2D eigenvalue weighted by Crippen LogP contribution is -2.44. The summed E-state index contributed by atoms with van der Waals surface area (Å²) in [4.78, 5) is 28.0. The van der Waals surface area contributed by atoms with E-state index in [2.05, 4.69) is 9.97 Å². The van der Waals surface area contributed by atoms with Crippen molar-refractivity contribution in [3.8, 4) is 11.1 Å². The molecule has 0 aromatic carbocycles. The number of pyridine rings is 1. The van der Waals surface area contributed by atoms with E-state index in [0.717, 1.165) is 54.9 Å². The van der Waals surface area contributed by atoms with Crippen LogP contribution < -0.4 is 0 Å². The van der Waals surface area contributed by atoms with Gasteiger partial charge in [0.15, 0.2) is 0 Å². The first kappa shape index (κ1) is 17.1. The van der Waals surface area contributed by atoms with Crippen LogP contribution in [0.3, 0.4) is 0 Å². The lowest BCUT2D eigenvalue weighted by atomic mass is 9.90. The molecule has 0 N–H and O–H groups in total. The molecule has 2 aliphatic rings. The van der Waals surface area contributed by atoms with Gasteiger partial charge in [-0.2, -0.15) is 0 Å². The molecule has 1 amide bonds. The van der Waals surface area contributed by atoms with Crippen molar-refractivity contribution in [2.45, 2.75) is 44.6 Å². The normalized spacial score (nSPS) is 23.2. The van der Waals surface area contributed by atoms with Crippen LogP contribution in [0.5, 0.6) is 0 Å². The third-order valence-corrected chi connectivity index (χ3v) is 5.25. The van der Waals surface area contributed by atoms with Gasteiger partial charge >= 0.3 is 0 Å². The minimum atomic E-state index is -0.249. The minimum Gasteiger partial charge on any atom is -0.368 e. The molecule has 26 heavy (non-hydrogen) atoms. The highest BCUT2D eigenvalue weighted by molar-refractivity contribution is 5.81. The van der Waals surface area contributed by atoms with E-state index in [1.807, 2.05) is 30.2 Å². The Morgan fingerprint density at radius 2 is 2.08 bits per heavy atom. The average Bonchev–Trinajstić information content (AvgIpc) is 3.23. The van der Waals surface area contributed by atoms with Crippen molar-refractivity contribution in [3.05, 3.63) is 42.2 Å². The zero-order valence-corrected chi connectivity index (χ0v) is 15.1. The quantitative estimate of drug-likeness (QED) is 0.850. The molecule has 0 spiro atoms. The van der Waals surface area contributed by atoms with Crippen molar-refractivity contribution in [3.63, 3.8) is 0 Å². The number of nitrogens with zero attached hydrogens (tertiary/aromatic N) is 4. The Morgan fingerprint density at radius 1 is 1.23 bits per heavy atom. The van der Waals surface area contributed by atoms with Gasteiger partial charge in [0, 0.05) is 49.8 Å². The number of piperidine rings is 1. The minimum absolute atomic E-state index is 0.142. The van der Waals surface area contributed by atoms with Gasteiger partial charge in [0.25, 0.3) is 5.91 Å². The molecule has 0 saturated carbocycles. The summed E-state index contributed by atoms with van der Waals surface area (Å²) in [5.41, 5.74) is 3.14. The molecule has 2 aromatic rings. The Labute approximate surface area is 153 Å². The van der Waals surface area contributed by atoms with Crippen LogP contribution in [0.1, 0.15) is 43.1 Å². The number of amides is 1. The maximum atomic E-state index is 12.8. The molecule has 2 fully saturated rings. The molecular formula is C20H24N4O2. The maximum absolute atomic E-state index is 12.8. The topological polar surface area (TPSA) is 68.2 Å². The number of carbonyl (C=O) groups excluding carboxylic acids is 1. The molecule has 0 aliphatic carbocycles. The highest BCUT2D eigenvalue weighted by Gasteiger charge is 2.33. The predicted octanol–water partition coefficient (Wildman–Crippen LogP) is 2.73. The molecule has 2 aliphatic heterocycles. The average molecular weight is 352 g/mol. The number of hydrogen-bond donors (Lipinski definition) is 0. The summed E-state index contributed by atoms with van der Waals surface area (Å²) in [6, 6.07) is 3.96. The van der Waals surface area contributed by atoms with Crippen LogP contribution in [0.2, 0.25) is 0 Å². The van der Waals surface area contributed by atoms with Crippen LogP contribution in [0.4, 0.5) is 0 Å². The molecule has 6 heteroatoms. The highest BCUT2D eigenvalue weighted by atomic mass is 16.5. The van der Waals surface area contributed by atoms with Gasteiger partial charge in [-0.1, -0.05) is 0 Å². The molecule has 4 heterocycles. The van der Waals surface area contributed by atoms with Gasteiger partial charge in [0.2, 0.25) is 0 Å². The predicted molar refractivity (Wildman–Crippen MR) is 97.5 cm³/mol. The SMILES string of the molecule is Cc1ncc(-c2ccncc2)c([C@H]2CCCN(C(=O)[C@H]3CCCO3)C2)n1. The maximum Gasteiger partial charge on any atom is 0.251 e. The number of aryl methyl sites for hydroxylation is 1. The largest absolute Gasteiger partial charge is 0.368 e. The molecule has 2 saturated heterocycles. The van der Waals surface area contributed by atoms with E-state index < -0.39 is 0 Å². The molecule has 6 nitrogen and oxygen atoms in total. The van der Waals surface area contributed by atoms with E-state index in [-0.39, 0.29) is 17.9 Å². The van der Waals surface area contributed by atoms with Gasteiger partial charge in [-0.3, -0.25) is 9.78 Å². The Bertz CT molecular complexity index is 775. The molecule has 136 valence electrons. The number of hydrogen-bond acceptors (Lipinski definition) is 5. The van der Waals surface area contributed by atoms with Gasteiger partial charge in [-0.05, 0) is 50.3 Å². The van der Waals surface area contributed by atoms with Crippen LogP contribution in [0.25, 0.3) is 11.1 Å². The van der Waals surface area contributed by atoms with Crippen LogP contribution in [0.15, 0.2) is 30.7 Å². The summed E-state index contributed by atoms with van der Waals surface area (Å²) in [6.07, 6.45) is 9.06. The number of ether oxygens (including phenoxy) is 1. The number of likely N-dealkylation sites (tertiary alicyclic amines) is 1. The van der Waals surface area contributed by atoms with Crippen molar-refractivity contribution in [1.29, 1.82) is 0 Å². The third-order valence-electron chi connectivity index (χ3n) is 5.25. The second-order valence-corrected chi connectivity index (χ2v) is 7.08. The molecular weight excluding hydrogens is 328 g/mol. The second-order valence-electron chi connectivity index (χ2n) is 7.08. The van der Waals surface area contributed by atoms with E-state index in [1.165, 1.54) is 0 Å². The van der Waals surface area contributed by atoms with Gasteiger partial charge in [-0.25, -0.2) is 9.97 Å². The first-order chi connectivity index (χ1) is 12.7. The Hall–Kier alpha value is -2.34. The standard InChI is InChI=1S/C20H24N4O2/c1-14-22-12-17(15-6-8-21-9-7-15)19(23-14)16-4-2-10-24(13-16)20(25)18-5-3-11-26-18/h6-9,12,16,18H,2-5,10-11,13H2,1H3/t16-,18+/m0/s1. The van der Waals surface area contributed by atoms with E-state index in [1.54, 1.807) is 12.4 Å². The molecule has 0 unspecified atom stereocenters. The van der Waals surface area contributed by atoms with E-state index in [9.17, 15) is 4.79 Å². The van der Waals surface area contributed by atoms with Crippen molar-refractivity contribution < 1.29 is 9.53 Å². The van der Waals surface area contributed by atoms with Crippen molar-refractivity contribution in [1.82, 2.24) is 19.9 Å². The lowest BCUT2D eigenvalue weighted by molar-refractivity contribution is -0.142. The number of aromatic nitrogens is 3. The Kier molecular flexibility index (Phi) is 4.93. The van der Waals surface area contributed by atoms with Gasteiger partial charge in [0.1, 0.15) is 11.9 Å². The number of rotatable bonds is 3. The van der Waals surface area contributed by atoms with Crippen LogP contribution in [0, 0.1) is 6.92 Å². The van der Waals surface area contributed by atoms with Crippen molar-refractivity contribution in [2.24, 2.45) is 0 Å². The molecule has 4 rings (SSSR count). The smallest absolute Gasteiger partial charge is 0.251 e. The fourth-order valence-corrected chi connectivity index (χ4v) is 3.93. The zero-order chi connectivity index (χ0) is 17.9. The monoisotopic (exact) mass is 352 g/mol. The Balaban J connectivity index is 1.60. The van der Waals surface area contributed by atoms with E-state index in [4.69, 9.17) is 9.72 Å². The van der Waals surface area contributed by atoms with Gasteiger partial charge < -0.3 is 9.64 Å². The van der Waals surface area contributed by atoms with Crippen LogP contribution in [-0.2, 0) is 9.53 Å². The summed E-state index contributed by atoms with van der Waals surface area (Å²) in [7, 11) is 0. The van der Waals surface area contributed by atoms with Gasteiger partial charge in [-0.15, -0.1) is 0 Å². The molecule has 0 radical (unpaired) electrons. The fourth-order valence-electron chi connectivity index (χ4n) is 3.93. The summed E-state index contributed by atoms with van der Waals surface area (Å²) in [5.74, 6) is 1.13. The lowest BCUT2D eigenvalue weighted by Gasteiger charge is -2.34. The molecule has 0 bridgehead atoms. The van der Waals surface area contributed by atoms with Crippen LogP contribution >= 0.6 is 0 Å². The third kappa shape index (κ3) is 3.46. The summed E-state index contributed by atoms with van der Waals surface area (Å²) < 4.78 is 5.60. The summed E-state index contributed by atoms with van der Waals surface area (Å²) in [5, 5.41) is 0. The summed E-state index contributed by atoms with van der Waals surface area (Å²) in [6.45, 7) is 4.12. The van der Waals surface area contributed by atoms with E-state index in [0.29, 0.717) is 13.2 Å². The highest BCUT2D eigenvalue weighted by Crippen LogP contribution is 2.33. The van der Waals surface area contributed by atoms with Crippen molar-refractivity contribution >= 4 is 5.91 Å². The van der Waals surface area contributed by atoms with Gasteiger partial charge in [0.05, 0.1) is 5.69 Å². The van der Waals surface area contributed by atoms with Crippen LogP contribution in [-0.4, -0.2) is 51.6 Å². The fraction of sp³-hybridized carbons (Fsp3) is 0.500. The zero-order valence-electron chi connectivity index (χ0n) is 15.1. The van der Waals surface area contributed by atoms with Crippen molar-refractivity contribution in [2.75, 3.05) is 19.7 Å². The number of carbonyl (C=O) groups is 1. The Morgan fingerprint density at radius 3 is 2.85 bits per heavy atom. The summed E-state index contributed by atoms with van der Waals surface area (Å²) >= 11 is 0. The molecule has 2 aromatic heterocycles. The molecule has 2 atom stereocenters. The first-order valence-electron chi connectivity index (χ1n) is 9.36. The second kappa shape index (κ2) is 7.50. The van der Waals surface area contributed by atoms with E-state index >= 15 is 0 Å².